The molecule has 0 bridgehead atoms. The minimum Gasteiger partial charge on any atom is -0.325 e. The number of non-ortho nitro benzene ring substituents is 1. The monoisotopic (exact) mass is 253 g/mol. The molecule has 1 aromatic rings. The number of hydrogen-bond acceptors (Lipinski definition) is 5. The van der Waals surface area contributed by atoms with Crippen LogP contribution < -0.4 is 10.6 Å². The molecule has 6 nitrogen and oxygen atoms in total. The van der Waals surface area contributed by atoms with Crippen molar-refractivity contribution in [2.75, 3.05) is 16.9 Å². The summed E-state index contributed by atoms with van der Waals surface area (Å²) < 4.78 is 0. The van der Waals surface area contributed by atoms with Crippen LogP contribution in [0.4, 0.5) is 11.4 Å². The van der Waals surface area contributed by atoms with Crippen LogP contribution in [-0.2, 0) is 4.79 Å². The van der Waals surface area contributed by atoms with Crippen LogP contribution in [0.1, 0.15) is 0 Å². The van der Waals surface area contributed by atoms with Crippen molar-refractivity contribution in [1.82, 2.24) is 5.32 Å². The molecule has 1 fully saturated rings. The number of nitro groups is 1. The highest BCUT2D eigenvalue weighted by Crippen LogP contribution is 2.16. The molecule has 1 aromatic carbocycles. The van der Waals surface area contributed by atoms with Crippen LogP contribution in [0.25, 0.3) is 0 Å². The third kappa shape index (κ3) is 2.95. The molecule has 1 saturated heterocycles. The molecule has 90 valence electrons. The summed E-state index contributed by atoms with van der Waals surface area (Å²) >= 11 is 1.67. The van der Waals surface area contributed by atoms with Gasteiger partial charge < -0.3 is 5.32 Å². The minimum absolute atomic E-state index is 0.0116. The fourth-order valence-corrected chi connectivity index (χ4v) is 2.40. The first-order valence-electron chi connectivity index (χ1n) is 5.03. The molecule has 1 aliphatic heterocycles. The second kappa shape index (κ2) is 5.15. The number of nitrogens with zero attached hydrogens (tertiary/aromatic N) is 1. The third-order valence-corrected chi connectivity index (χ3v) is 3.32. The van der Waals surface area contributed by atoms with Gasteiger partial charge in [-0.2, -0.15) is 0 Å². The predicted octanol–water partition coefficient (Wildman–Crippen LogP) is 1.20. The summed E-state index contributed by atoms with van der Waals surface area (Å²) in [5, 5.41) is 16.2. The molecule has 1 aliphatic rings. The molecule has 0 radical (unpaired) electrons. The molecular formula is C10H11N3O3S. The molecule has 2 rings (SSSR count). The minimum atomic E-state index is -0.471. The van der Waals surface area contributed by atoms with Gasteiger partial charge in [0.1, 0.15) is 0 Å². The van der Waals surface area contributed by atoms with Crippen molar-refractivity contribution >= 4 is 29.0 Å². The van der Waals surface area contributed by atoms with Gasteiger partial charge in [-0.3, -0.25) is 20.2 Å². The summed E-state index contributed by atoms with van der Waals surface area (Å²) in [6.45, 7) is 0. The lowest BCUT2D eigenvalue weighted by molar-refractivity contribution is -0.384. The second-order valence-corrected chi connectivity index (χ2v) is 4.60. The number of anilines is 1. The van der Waals surface area contributed by atoms with Crippen LogP contribution in [0, 0.1) is 10.1 Å². The maximum absolute atomic E-state index is 11.7. The molecule has 0 aromatic heterocycles. The first kappa shape index (κ1) is 11.9. The van der Waals surface area contributed by atoms with E-state index in [0.29, 0.717) is 5.69 Å². The SMILES string of the molecule is O=C(Nc1ccc([N+](=O)[O-])cc1)C1CSCN1. The molecule has 7 heteroatoms. The van der Waals surface area contributed by atoms with E-state index < -0.39 is 4.92 Å². The topological polar surface area (TPSA) is 84.3 Å². The van der Waals surface area contributed by atoms with Crippen molar-refractivity contribution in [2.45, 2.75) is 6.04 Å². The smallest absolute Gasteiger partial charge is 0.269 e. The summed E-state index contributed by atoms with van der Waals surface area (Å²) in [7, 11) is 0. The molecule has 1 amide bonds. The Hall–Kier alpha value is -1.60. The molecule has 17 heavy (non-hydrogen) atoms. The van der Waals surface area contributed by atoms with Crippen molar-refractivity contribution < 1.29 is 9.72 Å². The highest BCUT2D eigenvalue weighted by Gasteiger charge is 2.22. The summed E-state index contributed by atoms with van der Waals surface area (Å²) in [6, 6.07) is 5.60. The summed E-state index contributed by atoms with van der Waals surface area (Å²) in [5.41, 5.74) is 0.580. The zero-order valence-electron chi connectivity index (χ0n) is 8.88. The maximum Gasteiger partial charge on any atom is 0.269 e. The van der Waals surface area contributed by atoms with Crippen LogP contribution in [0.5, 0.6) is 0 Å². The number of benzene rings is 1. The van der Waals surface area contributed by atoms with E-state index in [4.69, 9.17) is 0 Å². The first-order chi connectivity index (χ1) is 8.16. The van der Waals surface area contributed by atoms with Gasteiger partial charge in [-0.1, -0.05) is 0 Å². The third-order valence-electron chi connectivity index (χ3n) is 2.38. The molecular weight excluding hydrogens is 242 g/mol. The molecule has 0 spiro atoms. The highest BCUT2D eigenvalue weighted by molar-refractivity contribution is 7.99. The van der Waals surface area contributed by atoms with E-state index in [-0.39, 0.29) is 17.6 Å². The standard InChI is InChI=1S/C10H11N3O3S/c14-10(9-5-17-6-11-9)12-7-1-3-8(4-2-7)13(15)16/h1-4,9,11H,5-6H2,(H,12,14). The zero-order valence-corrected chi connectivity index (χ0v) is 9.70. The highest BCUT2D eigenvalue weighted by atomic mass is 32.2. The first-order valence-corrected chi connectivity index (χ1v) is 6.19. The van der Waals surface area contributed by atoms with E-state index in [0.717, 1.165) is 11.6 Å². The molecule has 1 unspecified atom stereocenters. The van der Waals surface area contributed by atoms with Crippen LogP contribution in [0.3, 0.4) is 0 Å². The number of hydrogen-bond donors (Lipinski definition) is 2. The van der Waals surface area contributed by atoms with E-state index in [1.807, 2.05) is 0 Å². The van der Waals surface area contributed by atoms with E-state index in [2.05, 4.69) is 10.6 Å². The Labute approximate surface area is 102 Å². The average Bonchev–Trinajstić information content (AvgIpc) is 2.83. The Bertz CT molecular complexity index is 429. The van der Waals surface area contributed by atoms with Crippen molar-refractivity contribution in [3.8, 4) is 0 Å². The van der Waals surface area contributed by atoms with Gasteiger partial charge in [0.25, 0.3) is 5.69 Å². The number of thioether (sulfide) groups is 1. The molecule has 0 saturated carbocycles. The predicted molar refractivity (Wildman–Crippen MR) is 66.0 cm³/mol. The Balaban J connectivity index is 1.98. The van der Waals surface area contributed by atoms with Gasteiger partial charge in [0, 0.05) is 29.4 Å². The van der Waals surface area contributed by atoms with Gasteiger partial charge in [-0.25, -0.2) is 0 Å². The van der Waals surface area contributed by atoms with Gasteiger partial charge in [-0.05, 0) is 12.1 Å². The van der Waals surface area contributed by atoms with E-state index >= 15 is 0 Å². The van der Waals surface area contributed by atoms with Gasteiger partial charge in [0.05, 0.1) is 11.0 Å². The Morgan fingerprint density at radius 2 is 2.18 bits per heavy atom. The molecule has 1 atom stereocenters. The fourth-order valence-electron chi connectivity index (χ4n) is 1.46. The molecule has 1 heterocycles. The van der Waals surface area contributed by atoms with Crippen molar-refractivity contribution in [1.29, 1.82) is 0 Å². The summed E-state index contributed by atoms with van der Waals surface area (Å²) in [6.07, 6.45) is 0. The average molecular weight is 253 g/mol. The van der Waals surface area contributed by atoms with Crippen LogP contribution in [-0.4, -0.2) is 28.5 Å². The molecule has 0 aliphatic carbocycles. The quantitative estimate of drug-likeness (QED) is 0.624. The van der Waals surface area contributed by atoms with Gasteiger partial charge in [-0.15, -0.1) is 11.8 Å². The Kier molecular flexibility index (Phi) is 3.60. The van der Waals surface area contributed by atoms with Gasteiger partial charge in [0.2, 0.25) is 5.91 Å². The number of carbonyl (C=O) groups excluding carboxylic acids is 1. The summed E-state index contributed by atoms with van der Waals surface area (Å²) in [5.74, 6) is 1.42. The number of nitrogens with one attached hydrogen (secondary N) is 2. The zero-order chi connectivity index (χ0) is 12.3. The van der Waals surface area contributed by atoms with Crippen LogP contribution >= 0.6 is 11.8 Å². The number of nitro benzene ring substituents is 1. The maximum atomic E-state index is 11.7. The Morgan fingerprint density at radius 1 is 1.47 bits per heavy atom. The van der Waals surface area contributed by atoms with E-state index in [1.165, 1.54) is 24.3 Å². The van der Waals surface area contributed by atoms with Gasteiger partial charge in [0.15, 0.2) is 0 Å². The van der Waals surface area contributed by atoms with E-state index in [1.54, 1.807) is 11.8 Å². The molecule has 2 N–H and O–H groups in total. The van der Waals surface area contributed by atoms with E-state index in [9.17, 15) is 14.9 Å². The van der Waals surface area contributed by atoms with Crippen LogP contribution in [0.15, 0.2) is 24.3 Å². The van der Waals surface area contributed by atoms with Crippen molar-refractivity contribution in [3.05, 3.63) is 34.4 Å². The number of amides is 1. The van der Waals surface area contributed by atoms with Gasteiger partial charge >= 0.3 is 0 Å². The Morgan fingerprint density at radius 3 is 2.71 bits per heavy atom. The van der Waals surface area contributed by atoms with Crippen LogP contribution in [0.2, 0.25) is 0 Å². The lowest BCUT2D eigenvalue weighted by Gasteiger charge is -2.09. The second-order valence-electron chi connectivity index (χ2n) is 3.57. The largest absolute Gasteiger partial charge is 0.325 e. The van der Waals surface area contributed by atoms with Crippen molar-refractivity contribution in [3.63, 3.8) is 0 Å². The summed E-state index contributed by atoms with van der Waals surface area (Å²) in [4.78, 5) is 21.7. The lowest BCUT2D eigenvalue weighted by atomic mass is 10.2. The lowest BCUT2D eigenvalue weighted by Crippen LogP contribution is -2.37. The van der Waals surface area contributed by atoms with Crippen molar-refractivity contribution in [2.24, 2.45) is 0 Å². The number of rotatable bonds is 3. The number of carbonyl (C=O) groups is 1. The normalized spacial score (nSPS) is 18.9. The fraction of sp³-hybridized carbons (Fsp3) is 0.300.